The smallest absolute Gasteiger partial charge is 0.264 e. The molecule has 8 heteroatoms. The lowest BCUT2D eigenvalue weighted by atomic mass is 10.1. The van der Waals surface area contributed by atoms with E-state index in [0.717, 1.165) is 11.3 Å². The first-order valence-corrected chi connectivity index (χ1v) is 9.97. The van der Waals surface area contributed by atoms with Crippen LogP contribution in [-0.2, 0) is 4.79 Å². The SMILES string of the molecule is Cc1c(Cl)c(C)c(Cl)c(OCC(=O)Nc2nc(-c3ccccc3)cs2)c1Cl. The molecule has 3 rings (SSSR count). The normalized spacial score (nSPS) is 10.7. The Bertz CT molecular complexity index is 961. The van der Waals surface area contributed by atoms with Gasteiger partial charge in [0.25, 0.3) is 5.91 Å². The topological polar surface area (TPSA) is 51.2 Å². The summed E-state index contributed by atoms with van der Waals surface area (Å²) < 4.78 is 5.55. The van der Waals surface area contributed by atoms with E-state index >= 15 is 0 Å². The number of hydrogen-bond acceptors (Lipinski definition) is 4. The molecular weight excluding hydrogens is 427 g/mol. The molecule has 1 heterocycles. The molecule has 0 atom stereocenters. The van der Waals surface area contributed by atoms with Gasteiger partial charge in [0.1, 0.15) is 0 Å². The molecule has 1 amide bonds. The number of carbonyl (C=O) groups is 1. The first-order chi connectivity index (χ1) is 12.9. The van der Waals surface area contributed by atoms with Crippen molar-refractivity contribution in [2.45, 2.75) is 13.8 Å². The van der Waals surface area contributed by atoms with Gasteiger partial charge >= 0.3 is 0 Å². The van der Waals surface area contributed by atoms with Crippen molar-refractivity contribution in [2.24, 2.45) is 0 Å². The van der Waals surface area contributed by atoms with Crippen molar-refractivity contribution in [3.05, 3.63) is 61.9 Å². The molecule has 1 N–H and O–H groups in total. The van der Waals surface area contributed by atoms with E-state index in [9.17, 15) is 4.79 Å². The third-order valence-electron chi connectivity index (χ3n) is 3.88. The number of carbonyl (C=O) groups excluding carboxylic acids is 1. The van der Waals surface area contributed by atoms with Gasteiger partial charge in [0.05, 0.1) is 15.7 Å². The van der Waals surface area contributed by atoms with E-state index in [-0.39, 0.29) is 18.3 Å². The summed E-state index contributed by atoms with van der Waals surface area (Å²) in [5, 5.41) is 6.16. The molecule has 0 spiro atoms. The number of aromatic nitrogens is 1. The lowest BCUT2D eigenvalue weighted by Gasteiger charge is -2.15. The van der Waals surface area contributed by atoms with Gasteiger partial charge in [-0.05, 0) is 25.0 Å². The predicted molar refractivity (Wildman–Crippen MR) is 113 cm³/mol. The molecule has 2 aromatic carbocycles. The van der Waals surface area contributed by atoms with Crippen LogP contribution < -0.4 is 10.1 Å². The van der Waals surface area contributed by atoms with Crippen molar-refractivity contribution in [3.8, 4) is 17.0 Å². The van der Waals surface area contributed by atoms with Gasteiger partial charge in [-0.2, -0.15) is 0 Å². The molecule has 0 aliphatic heterocycles. The highest BCUT2D eigenvalue weighted by atomic mass is 35.5. The summed E-state index contributed by atoms with van der Waals surface area (Å²) in [6.07, 6.45) is 0. The first kappa shape index (κ1) is 20.0. The van der Waals surface area contributed by atoms with Crippen molar-refractivity contribution >= 4 is 57.2 Å². The Kier molecular flexibility index (Phi) is 6.27. The second kappa shape index (κ2) is 8.48. The number of anilines is 1. The van der Waals surface area contributed by atoms with Crippen LogP contribution in [0, 0.1) is 13.8 Å². The van der Waals surface area contributed by atoms with Crippen LogP contribution in [0.1, 0.15) is 11.1 Å². The second-order valence-electron chi connectivity index (χ2n) is 5.76. The highest BCUT2D eigenvalue weighted by Crippen LogP contribution is 2.42. The molecule has 27 heavy (non-hydrogen) atoms. The molecule has 1 aromatic heterocycles. The number of thiazole rings is 1. The standard InChI is InChI=1S/C19H15Cl3N2O2S/c1-10-15(20)11(2)17(22)18(16(10)21)26-8-14(25)24-19-23-13(9-27-19)12-6-4-3-5-7-12/h3-7,9H,8H2,1-2H3,(H,23,24,25). The molecule has 4 nitrogen and oxygen atoms in total. The van der Waals surface area contributed by atoms with E-state index in [1.807, 2.05) is 35.7 Å². The second-order valence-corrected chi connectivity index (χ2v) is 7.75. The minimum Gasteiger partial charge on any atom is -0.481 e. The van der Waals surface area contributed by atoms with Crippen LogP contribution in [0.3, 0.4) is 0 Å². The van der Waals surface area contributed by atoms with Crippen molar-refractivity contribution in [1.82, 2.24) is 4.98 Å². The van der Waals surface area contributed by atoms with Crippen LogP contribution in [-0.4, -0.2) is 17.5 Å². The van der Waals surface area contributed by atoms with Crippen LogP contribution in [0.25, 0.3) is 11.3 Å². The third-order valence-corrected chi connectivity index (χ3v) is 6.12. The van der Waals surface area contributed by atoms with Crippen LogP contribution >= 0.6 is 46.1 Å². The molecular formula is C19H15Cl3N2O2S. The fraction of sp³-hybridized carbons (Fsp3) is 0.158. The average Bonchev–Trinajstić information content (AvgIpc) is 3.14. The molecule has 0 unspecified atom stereocenters. The Morgan fingerprint density at radius 2 is 1.70 bits per heavy atom. The predicted octanol–water partition coefficient (Wildman–Crippen LogP) is 6.40. The van der Waals surface area contributed by atoms with Crippen LogP contribution in [0.5, 0.6) is 5.75 Å². The summed E-state index contributed by atoms with van der Waals surface area (Å²) in [5.74, 6) is -0.113. The number of benzene rings is 2. The molecule has 0 radical (unpaired) electrons. The van der Waals surface area contributed by atoms with Gasteiger partial charge in [0, 0.05) is 16.0 Å². The lowest BCUT2D eigenvalue weighted by Crippen LogP contribution is -2.20. The van der Waals surface area contributed by atoms with Crippen LogP contribution in [0.2, 0.25) is 15.1 Å². The monoisotopic (exact) mass is 440 g/mol. The maximum atomic E-state index is 12.2. The highest BCUT2D eigenvalue weighted by Gasteiger charge is 2.19. The zero-order valence-electron chi connectivity index (χ0n) is 14.5. The van der Waals surface area contributed by atoms with Crippen molar-refractivity contribution in [1.29, 1.82) is 0 Å². The number of hydrogen-bond donors (Lipinski definition) is 1. The van der Waals surface area contributed by atoms with Gasteiger partial charge in [-0.1, -0.05) is 65.1 Å². The van der Waals surface area contributed by atoms with Gasteiger partial charge in [-0.3, -0.25) is 10.1 Å². The molecule has 0 saturated heterocycles. The number of halogens is 3. The fourth-order valence-electron chi connectivity index (χ4n) is 2.40. The maximum absolute atomic E-state index is 12.2. The first-order valence-electron chi connectivity index (χ1n) is 7.95. The molecule has 3 aromatic rings. The summed E-state index contributed by atoms with van der Waals surface area (Å²) in [7, 11) is 0. The van der Waals surface area contributed by atoms with E-state index in [4.69, 9.17) is 39.5 Å². The summed E-state index contributed by atoms with van der Waals surface area (Å²) in [6, 6.07) is 9.72. The van der Waals surface area contributed by atoms with E-state index in [1.54, 1.807) is 13.8 Å². The highest BCUT2D eigenvalue weighted by molar-refractivity contribution is 7.14. The number of ether oxygens (including phenoxy) is 1. The molecule has 0 saturated carbocycles. The Labute approximate surface area is 176 Å². The summed E-state index contributed by atoms with van der Waals surface area (Å²) in [5.41, 5.74) is 3.09. The number of rotatable bonds is 5. The summed E-state index contributed by atoms with van der Waals surface area (Å²) in [4.78, 5) is 16.6. The average molecular weight is 442 g/mol. The van der Waals surface area contributed by atoms with Crippen molar-refractivity contribution < 1.29 is 9.53 Å². The van der Waals surface area contributed by atoms with Gasteiger partial charge in [-0.25, -0.2) is 4.98 Å². The zero-order chi connectivity index (χ0) is 19.6. The number of nitrogens with zero attached hydrogens (tertiary/aromatic N) is 1. The molecule has 140 valence electrons. The minimum atomic E-state index is -0.360. The molecule has 0 bridgehead atoms. The van der Waals surface area contributed by atoms with Gasteiger partial charge in [-0.15, -0.1) is 11.3 Å². The Morgan fingerprint density at radius 3 is 2.33 bits per heavy atom. The van der Waals surface area contributed by atoms with Crippen LogP contribution in [0.4, 0.5) is 5.13 Å². The van der Waals surface area contributed by atoms with Gasteiger partial charge in [0.2, 0.25) is 0 Å². The number of nitrogens with one attached hydrogen (secondary N) is 1. The quantitative estimate of drug-likeness (QED) is 0.498. The van der Waals surface area contributed by atoms with Crippen molar-refractivity contribution in [3.63, 3.8) is 0 Å². The molecule has 0 fully saturated rings. The minimum absolute atomic E-state index is 0.247. The van der Waals surface area contributed by atoms with Crippen LogP contribution in [0.15, 0.2) is 35.7 Å². The Balaban J connectivity index is 1.67. The van der Waals surface area contributed by atoms with E-state index < -0.39 is 0 Å². The van der Waals surface area contributed by atoms with E-state index in [1.165, 1.54) is 11.3 Å². The third kappa shape index (κ3) is 4.38. The number of amides is 1. The van der Waals surface area contributed by atoms with Gasteiger partial charge in [0.15, 0.2) is 17.5 Å². The summed E-state index contributed by atoms with van der Waals surface area (Å²) >= 11 is 20.0. The Hall–Kier alpha value is -1.79. The maximum Gasteiger partial charge on any atom is 0.264 e. The van der Waals surface area contributed by atoms with E-state index in [0.29, 0.717) is 31.3 Å². The largest absolute Gasteiger partial charge is 0.481 e. The fourth-order valence-corrected chi connectivity index (χ4v) is 3.96. The van der Waals surface area contributed by atoms with E-state index in [2.05, 4.69) is 10.3 Å². The zero-order valence-corrected chi connectivity index (χ0v) is 17.6. The summed E-state index contributed by atoms with van der Waals surface area (Å²) in [6.45, 7) is 3.28. The van der Waals surface area contributed by atoms with Gasteiger partial charge < -0.3 is 4.74 Å². The molecule has 0 aliphatic carbocycles. The molecule has 0 aliphatic rings. The Morgan fingerprint density at radius 1 is 1.07 bits per heavy atom. The van der Waals surface area contributed by atoms with Crippen molar-refractivity contribution in [2.75, 3.05) is 11.9 Å². The lowest BCUT2D eigenvalue weighted by molar-refractivity contribution is -0.118.